The topological polar surface area (TPSA) is 108 Å². The van der Waals surface area contributed by atoms with E-state index in [1.807, 2.05) is 19.1 Å². The van der Waals surface area contributed by atoms with Gasteiger partial charge >= 0.3 is 0 Å². The SMILES string of the molecule is COc1cc(C)ccc1OCC(=O)NCCc1ccc(S(N)(=O)=O)cc1. The second-order valence-electron chi connectivity index (χ2n) is 5.73. The first-order valence-electron chi connectivity index (χ1n) is 7.95. The van der Waals surface area contributed by atoms with Crippen molar-refractivity contribution in [1.29, 1.82) is 0 Å². The lowest BCUT2D eigenvalue weighted by molar-refractivity contribution is -0.123. The second kappa shape index (κ2) is 8.68. The number of carbonyl (C=O) groups is 1. The fourth-order valence-corrected chi connectivity index (χ4v) is 2.80. The van der Waals surface area contributed by atoms with Gasteiger partial charge in [0, 0.05) is 6.54 Å². The van der Waals surface area contributed by atoms with Crippen molar-refractivity contribution >= 4 is 15.9 Å². The average Bonchev–Trinajstić information content (AvgIpc) is 2.60. The Balaban J connectivity index is 1.79. The third-order valence-electron chi connectivity index (χ3n) is 3.67. The van der Waals surface area contributed by atoms with Gasteiger partial charge in [0.05, 0.1) is 12.0 Å². The number of nitrogens with one attached hydrogen (secondary N) is 1. The van der Waals surface area contributed by atoms with Crippen LogP contribution in [0.5, 0.6) is 11.5 Å². The third-order valence-corrected chi connectivity index (χ3v) is 4.59. The molecule has 0 unspecified atom stereocenters. The van der Waals surface area contributed by atoms with Gasteiger partial charge in [-0.3, -0.25) is 4.79 Å². The molecule has 0 aliphatic rings. The van der Waals surface area contributed by atoms with E-state index in [1.54, 1.807) is 25.3 Å². The highest BCUT2D eigenvalue weighted by Crippen LogP contribution is 2.27. The summed E-state index contributed by atoms with van der Waals surface area (Å²) >= 11 is 0. The number of carbonyl (C=O) groups excluding carboxylic acids is 1. The van der Waals surface area contributed by atoms with Crippen LogP contribution in [-0.4, -0.2) is 34.6 Å². The Morgan fingerprint density at radius 3 is 2.42 bits per heavy atom. The third kappa shape index (κ3) is 5.75. The number of sulfonamides is 1. The summed E-state index contributed by atoms with van der Waals surface area (Å²) < 4.78 is 33.1. The predicted molar refractivity (Wildman–Crippen MR) is 97.8 cm³/mol. The monoisotopic (exact) mass is 378 g/mol. The molecule has 0 atom stereocenters. The minimum atomic E-state index is -3.69. The van der Waals surface area contributed by atoms with Crippen molar-refractivity contribution in [3.63, 3.8) is 0 Å². The molecule has 7 nitrogen and oxygen atoms in total. The van der Waals surface area contributed by atoms with Gasteiger partial charge in [0.2, 0.25) is 10.0 Å². The first-order chi connectivity index (χ1) is 12.3. The number of aryl methyl sites for hydroxylation is 1. The largest absolute Gasteiger partial charge is 0.493 e. The number of amides is 1. The number of primary sulfonamides is 1. The summed E-state index contributed by atoms with van der Waals surface area (Å²) in [5, 5.41) is 7.80. The van der Waals surface area contributed by atoms with Crippen LogP contribution in [0, 0.1) is 6.92 Å². The van der Waals surface area contributed by atoms with Crippen LogP contribution in [0.4, 0.5) is 0 Å². The molecule has 140 valence electrons. The van der Waals surface area contributed by atoms with E-state index in [2.05, 4.69) is 5.32 Å². The number of benzene rings is 2. The summed E-state index contributed by atoms with van der Waals surface area (Å²) in [5.41, 5.74) is 1.92. The highest BCUT2D eigenvalue weighted by atomic mass is 32.2. The fourth-order valence-electron chi connectivity index (χ4n) is 2.28. The normalized spacial score (nSPS) is 11.0. The Morgan fingerprint density at radius 1 is 1.12 bits per heavy atom. The molecule has 2 aromatic rings. The molecular formula is C18H22N2O5S. The molecule has 0 aliphatic heterocycles. The second-order valence-corrected chi connectivity index (χ2v) is 7.29. The molecule has 2 aromatic carbocycles. The van der Waals surface area contributed by atoms with E-state index in [9.17, 15) is 13.2 Å². The van der Waals surface area contributed by atoms with E-state index in [-0.39, 0.29) is 17.4 Å². The molecule has 0 radical (unpaired) electrons. The Hall–Kier alpha value is -2.58. The van der Waals surface area contributed by atoms with Gasteiger partial charge in [0.15, 0.2) is 18.1 Å². The summed E-state index contributed by atoms with van der Waals surface area (Å²) in [7, 11) is -2.15. The molecular weight excluding hydrogens is 356 g/mol. The minimum Gasteiger partial charge on any atom is -0.493 e. The maximum absolute atomic E-state index is 11.9. The van der Waals surface area contributed by atoms with Crippen LogP contribution in [0.1, 0.15) is 11.1 Å². The van der Waals surface area contributed by atoms with Crippen molar-refractivity contribution in [2.45, 2.75) is 18.2 Å². The Labute approximate surface area is 153 Å². The quantitative estimate of drug-likeness (QED) is 0.722. The summed E-state index contributed by atoms with van der Waals surface area (Å²) in [6, 6.07) is 11.7. The zero-order chi connectivity index (χ0) is 19.2. The molecule has 0 saturated heterocycles. The van der Waals surface area contributed by atoms with E-state index in [0.29, 0.717) is 24.5 Å². The molecule has 1 amide bonds. The molecule has 0 saturated carbocycles. The maximum atomic E-state index is 11.9. The molecule has 0 aliphatic carbocycles. The standard InChI is InChI=1S/C18H22N2O5S/c1-13-3-8-16(17(11-13)24-2)25-12-18(21)20-10-9-14-4-6-15(7-5-14)26(19,22)23/h3-8,11H,9-10,12H2,1-2H3,(H,20,21)(H2,19,22,23). The Morgan fingerprint density at radius 2 is 1.81 bits per heavy atom. The zero-order valence-corrected chi connectivity index (χ0v) is 15.5. The molecule has 26 heavy (non-hydrogen) atoms. The molecule has 0 heterocycles. The maximum Gasteiger partial charge on any atom is 0.257 e. The lowest BCUT2D eigenvalue weighted by atomic mass is 10.1. The molecule has 3 N–H and O–H groups in total. The Bertz CT molecular complexity index is 864. The van der Waals surface area contributed by atoms with Crippen LogP contribution in [0.2, 0.25) is 0 Å². The summed E-state index contributed by atoms with van der Waals surface area (Å²) in [4.78, 5) is 11.9. The Kier molecular flexibility index (Phi) is 6.59. The lowest BCUT2D eigenvalue weighted by Crippen LogP contribution is -2.30. The first-order valence-corrected chi connectivity index (χ1v) is 9.50. The first kappa shape index (κ1) is 19.7. The van der Waals surface area contributed by atoms with E-state index < -0.39 is 10.0 Å². The average molecular weight is 378 g/mol. The van der Waals surface area contributed by atoms with E-state index in [4.69, 9.17) is 14.6 Å². The molecule has 0 spiro atoms. The van der Waals surface area contributed by atoms with Gasteiger partial charge in [-0.25, -0.2) is 13.6 Å². The summed E-state index contributed by atoms with van der Waals surface area (Å²) in [5.74, 6) is 0.827. The molecule has 8 heteroatoms. The van der Waals surface area contributed by atoms with Gasteiger partial charge < -0.3 is 14.8 Å². The number of methoxy groups -OCH3 is 1. The molecule has 0 aromatic heterocycles. The van der Waals surface area contributed by atoms with Gasteiger partial charge in [-0.1, -0.05) is 18.2 Å². The van der Waals surface area contributed by atoms with Gasteiger partial charge in [0.25, 0.3) is 5.91 Å². The van der Waals surface area contributed by atoms with Crippen LogP contribution in [-0.2, 0) is 21.2 Å². The number of hydrogen-bond acceptors (Lipinski definition) is 5. The zero-order valence-electron chi connectivity index (χ0n) is 14.7. The summed E-state index contributed by atoms with van der Waals surface area (Å²) in [6.07, 6.45) is 0.560. The number of ether oxygens (including phenoxy) is 2. The van der Waals surface area contributed by atoms with Crippen molar-refractivity contribution in [2.75, 3.05) is 20.3 Å². The minimum absolute atomic E-state index is 0.0609. The smallest absolute Gasteiger partial charge is 0.257 e. The predicted octanol–water partition coefficient (Wildman–Crippen LogP) is 1.39. The van der Waals surface area contributed by atoms with Crippen molar-refractivity contribution in [3.05, 3.63) is 53.6 Å². The highest BCUT2D eigenvalue weighted by molar-refractivity contribution is 7.89. The van der Waals surface area contributed by atoms with Gasteiger partial charge in [0.1, 0.15) is 0 Å². The van der Waals surface area contributed by atoms with Crippen LogP contribution >= 0.6 is 0 Å². The van der Waals surface area contributed by atoms with Crippen LogP contribution in [0.25, 0.3) is 0 Å². The van der Waals surface area contributed by atoms with Gasteiger partial charge in [-0.05, 0) is 48.7 Å². The molecule has 2 rings (SSSR count). The number of rotatable bonds is 8. The van der Waals surface area contributed by atoms with E-state index in [0.717, 1.165) is 11.1 Å². The van der Waals surface area contributed by atoms with Crippen molar-refractivity contribution in [3.8, 4) is 11.5 Å². The van der Waals surface area contributed by atoms with Crippen molar-refractivity contribution in [1.82, 2.24) is 5.32 Å². The molecule has 0 bridgehead atoms. The number of nitrogens with two attached hydrogens (primary N) is 1. The van der Waals surface area contributed by atoms with Crippen molar-refractivity contribution < 1.29 is 22.7 Å². The van der Waals surface area contributed by atoms with E-state index >= 15 is 0 Å². The van der Waals surface area contributed by atoms with E-state index in [1.165, 1.54) is 12.1 Å². The van der Waals surface area contributed by atoms with Crippen LogP contribution in [0.15, 0.2) is 47.4 Å². The van der Waals surface area contributed by atoms with Crippen molar-refractivity contribution in [2.24, 2.45) is 5.14 Å². The lowest BCUT2D eigenvalue weighted by Gasteiger charge is -2.11. The fraction of sp³-hybridized carbons (Fsp3) is 0.278. The summed E-state index contributed by atoms with van der Waals surface area (Å²) in [6.45, 7) is 2.22. The highest BCUT2D eigenvalue weighted by Gasteiger charge is 2.09. The molecule has 0 fully saturated rings. The van der Waals surface area contributed by atoms with Gasteiger partial charge in [-0.15, -0.1) is 0 Å². The number of hydrogen-bond donors (Lipinski definition) is 2. The van der Waals surface area contributed by atoms with Crippen LogP contribution in [0.3, 0.4) is 0 Å². The van der Waals surface area contributed by atoms with Gasteiger partial charge in [-0.2, -0.15) is 0 Å². The van der Waals surface area contributed by atoms with Crippen LogP contribution < -0.4 is 19.9 Å².